The molecule has 7 heteroatoms. The maximum absolute atomic E-state index is 12.0. The highest BCUT2D eigenvalue weighted by molar-refractivity contribution is 7.99. The fourth-order valence-corrected chi connectivity index (χ4v) is 2.75. The predicted octanol–water partition coefficient (Wildman–Crippen LogP) is 2.70. The van der Waals surface area contributed by atoms with Gasteiger partial charge in [0.1, 0.15) is 0 Å². The smallest absolute Gasteiger partial charge is 0.234 e. The third-order valence-electron chi connectivity index (χ3n) is 3.17. The van der Waals surface area contributed by atoms with E-state index < -0.39 is 0 Å². The van der Waals surface area contributed by atoms with Gasteiger partial charge in [0, 0.05) is 5.69 Å². The van der Waals surface area contributed by atoms with Crippen molar-refractivity contribution in [3.63, 3.8) is 0 Å². The highest BCUT2D eigenvalue weighted by Gasteiger charge is 2.12. The molecule has 1 N–H and O–H groups in total. The zero-order chi connectivity index (χ0) is 16.1. The summed E-state index contributed by atoms with van der Waals surface area (Å²) in [5.74, 6) is 0.141. The van der Waals surface area contributed by atoms with Gasteiger partial charge in [-0.3, -0.25) is 4.79 Å². The number of carbonyl (C=O) groups excluding carboxylic acids is 1. The average Bonchev–Trinajstić information content (AvgIpc) is 3.03. The monoisotopic (exact) mass is 325 g/mol. The third-order valence-corrected chi connectivity index (χ3v) is 4.09. The second kappa shape index (κ2) is 7.06. The van der Waals surface area contributed by atoms with E-state index in [0.29, 0.717) is 5.16 Å². The Kier molecular flexibility index (Phi) is 4.68. The topological polar surface area (TPSA) is 72.7 Å². The number of nitrogens with one attached hydrogen (secondary N) is 1. The first kappa shape index (κ1) is 15.2. The Morgan fingerprint density at radius 3 is 2.65 bits per heavy atom. The molecule has 0 fully saturated rings. The summed E-state index contributed by atoms with van der Waals surface area (Å²) in [5, 5.41) is 15.1. The van der Waals surface area contributed by atoms with Crippen molar-refractivity contribution >= 4 is 23.4 Å². The summed E-state index contributed by atoms with van der Waals surface area (Å²) >= 11 is 1.30. The Labute approximate surface area is 137 Å². The first-order valence-corrected chi connectivity index (χ1v) is 8.04. The number of aromatic nitrogens is 4. The van der Waals surface area contributed by atoms with Gasteiger partial charge in [0.05, 0.1) is 11.4 Å². The highest BCUT2D eigenvalue weighted by atomic mass is 32.2. The van der Waals surface area contributed by atoms with Crippen molar-refractivity contribution in [3.8, 4) is 5.69 Å². The Morgan fingerprint density at radius 2 is 1.87 bits per heavy atom. The number of hydrogen-bond acceptors (Lipinski definition) is 5. The lowest BCUT2D eigenvalue weighted by Crippen LogP contribution is -2.14. The molecule has 0 atom stereocenters. The summed E-state index contributed by atoms with van der Waals surface area (Å²) in [6.07, 6.45) is 0. The standard InChI is InChI=1S/C16H15N5OS/c1-12-7-5-6-10-14(12)21-16(18-19-20-21)23-11-15(22)17-13-8-3-2-4-9-13/h2-10H,11H2,1H3,(H,17,22). The van der Waals surface area contributed by atoms with Crippen molar-refractivity contribution in [2.75, 3.05) is 11.1 Å². The van der Waals surface area contributed by atoms with Crippen LogP contribution in [0.25, 0.3) is 5.69 Å². The molecule has 0 spiro atoms. The van der Waals surface area contributed by atoms with E-state index >= 15 is 0 Å². The molecule has 0 unspecified atom stereocenters. The van der Waals surface area contributed by atoms with Gasteiger partial charge in [0.15, 0.2) is 0 Å². The fraction of sp³-hybridized carbons (Fsp3) is 0.125. The summed E-state index contributed by atoms with van der Waals surface area (Å²) < 4.78 is 1.65. The number of benzene rings is 2. The van der Waals surface area contributed by atoms with Gasteiger partial charge in [-0.15, -0.1) is 5.10 Å². The summed E-state index contributed by atoms with van der Waals surface area (Å²) in [6, 6.07) is 17.2. The summed E-state index contributed by atoms with van der Waals surface area (Å²) in [4.78, 5) is 12.0. The van der Waals surface area contributed by atoms with Crippen molar-refractivity contribution in [1.82, 2.24) is 20.2 Å². The van der Waals surface area contributed by atoms with Crippen LogP contribution < -0.4 is 5.32 Å². The molecule has 0 aliphatic rings. The van der Waals surface area contributed by atoms with Gasteiger partial charge in [-0.05, 0) is 41.1 Å². The summed E-state index contributed by atoms with van der Waals surface area (Å²) in [6.45, 7) is 1.99. The van der Waals surface area contributed by atoms with Gasteiger partial charge in [-0.25, -0.2) is 0 Å². The van der Waals surface area contributed by atoms with Gasteiger partial charge < -0.3 is 5.32 Å². The lowest BCUT2D eigenvalue weighted by atomic mass is 10.2. The van der Waals surface area contributed by atoms with Crippen LogP contribution in [-0.2, 0) is 4.79 Å². The maximum Gasteiger partial charge on any atom is 0.234 e. The fourth-order valence-electron chi connectivity index (χ4n) is 2.07. The summed E-state index contributed by atoms with van der Waals surface area (Å²) in [7, 11) is 0. The Morgan fingerprint density at radius 1 is 1.13 bits per heavy atom. The number of thioether (sulfide) groups is 1. The number of aryl methyl sites for hydroxylation is 1. The number of para-hydroxylation sites is 2. The Balaban J connectivity index is 1.67. The van der Waals surface area contributed by atoms with Crippen LogP contribution in [0.15, 0.2) is 59.8 Å². The molecule has 1 amide bonds. The van der Waals surface area contributed by atoms with E-state index in [1.165, 1.54) is 11.8 Å². The lowest BCUT2D eigenvalue weighted by molar-refractivity contribution is -0.113. The molecule has 3 rings (SSSR count). The minimum atomic E-state index is -0.0967. The molecule has 0 saturated carbocycles. The molecular formula is C16H15N5OS. The number of amides is 1. The number of nitrogens with zero attached hydrogens (tertiary/aromatic N) is 4. The van der Waals surface area contributed by atoms with E-state index in [0.717, 1.165) is 16.9 Å². The zero-order valence-electron chi connectivity index (χ0n) is 12.5. The molecule has 6 nitrogen and oxygen atoms in total. The first-order valence-electron chi connectivity index (χ1n) is 7.06. The minimum Gasteiger partial charge on any atom is -0.325 e. The van der Waals surface area contributed by atoms with Crippen molar-refractivity contribution in [3.05, 3.63) is 60.2 Å². The van der Waals surface area contributed by atoms with Gasteiger partial charge in [0.2, 0.25) is 11.1 Å². The molecule has 0 radical (unpaired) electrons. The Hall–Kier alpha value is -2.67. The molecule has 23 heavy (non-hydrogen) atoms. The minimum absolute atomic E-state index is 0.0967. The predicted molar refractivity (Wildman–Crippen MR) is 89.7 cm³/mol. The van der Waals surface area contributed by atoms with Gasteiger partial charge >= 0.3 is 0 Å². The van der Waals surface area contributed by atoms with Crippen LogP contribution >= 0.6 is 11.8 Å². The van der Waals surface area contributed by atoms with E-state index in [1.54, 1.807) is 4.68 Å². The molecule has 1 heterocycles. The van der Waals surface area contributed by atoms with E-state index in [9.17, 15) is 4.79 Å². The van der Waals surface area contributed by atoms with E-state index in [4.69, 9.17) is 0 Å². The molecule has 1 aromatic heterocycles. The molecular weight excluding hydrogens is 310 g/mol. The average molecular weight is 325 g/mol. The maximum atomic E-state index is 12.0. The molecule has 116 valence electrons. The summed E-state index contributed by atoms with van der Waals surface area (Å²) in [5.41, 5.74) is 2.75. The second-order valence-electron chi connectivity index (χ2n) is 4.86. The first-order chi connectivity index (χ1) is 11.2. The Bertz CT molecular complexity index is 803. The quantitative estimate of drug-likeness (QED) is 0.730. The van der Waals surface area contributed by atoms with Crippen LogP contribution in [0.5, 0.6) is 0 Å². The van der Waals surface area contributed by atoms with E-state index in [1.807, 2.05) is 61.5 Å². The van der Waals surface area contributed by atoms with Gasteiger partial charge in [-0.2, -0.15) is 4.68 Å². The van der Waals surface area contributed by atoms with Crippen LogP contribution in [-0.4, -0.2) is 31.9 Å². The molecule has 0 saturated heterocycles. The SMILES string of the molecule is Cc1ccccc1-n1nnnc1SCC(=O)Nc1ccccc1. The van der Waals surface area contributed by atoms with Crippen molar-refractivity contribution in [2.24, 2.45) is 0 Å². The van der Waals surface area contributed by atoms with Crippen LogP contribution in [0, 0.1) is 6.92 Å². The van der Waals surface area contributed by atoms with Crippen LogP contribution in [0.1, 0.15) is 5.56 Å². The normalized spacial score (nSPS) is 10.5. The number of rotatable bonds is 5. The van der Waals surface area contributed by atoms with Crippen molar-refractivity contribution < 1.29 is 4.79 Å². The van der Waals surface area contributed by atoms with Crippen LogP contribution in [0.2, 0.25) is 0 Å². The number of anilines is 1. The van der Waals surface area contributed by atoms with Crippen LogP contribution in [0.4, 0.5) is 5.69 Å². The molecule has 0 aliphatic heterocycles. The van der Waals surface area contributed by atoms with E-state index in [2.05, 4.69) is 20.8 Å². The molecule has 0 aliphatic carbocycles. The van der Waals surface area contributed by atoms with Crippen molar-refractivity contribution in [1.29, 1.82) is 0 Å². The second-order valence-corrected chi connectivity index (χ2v) is 5.81. The highest BCUT2D eigenvalue weighted by Crippen LogP contribution is 2.20. The number of carbonyl (C=O) groups is 1. The number of hydrogen-bond donors (Lipinski definition) is 1. The molecule has 3 aromatic rings. The molecule has 0 bridgehead atoms. The van der Waals surface area contributed by atoms with Gasteiger partial charge in [0.25, 0.3) is 0 Å². The largest absolute Gasteiger partial charge is 0.325 e. The third kappa shape index (κ3) is 3.75. The molecule has 2 aromatic carbocycles. The van der Waals surface area contributed by atoms with Crippen LogP contribution in [0.3, 0.4) is 0 Å². The number of tetrazole rings is 1. The van der Waals surface area contributed by atoms with E-state index in [-0.39, 0.29) is 11.7 Å². The van der Waals surface area contributed by atoms with Gasteiger partial charge in [-0.1, -0.05) is 48.2 Å². The van der Waals surface area contributed by atoms with Crippen molar-refractivity contribution in [2.45, 2.75) is 12.1 Å². The zero-order valence-corrected chi connectivity index (χ0v) is 13.3. The lowest BCUT2D eigenvalue weighted by Gasteiger charge is -2.07.